The second-order valence-electron chi connectivity index (χ2n) is 8.29. The van der Waals surface area contributed by atoms with Crippen molar-refractivity contribution in [1.29, 1.82) is 0 Å². The van der Waals surface area contributed by atoms with Crippen molar-refractivity contribution in [1.82, 2.24) is 19.9 Å². The molecule has 33 heavy (non-hydrogen) atoms. The van der Waals surface area contributed by atoms with E-state index in [4.69, 9.17) is 11.6 Å². The normalized spacial score (nSPS) is 16.2. The Kier molecular flexibility index (Phi) is 5.83. The molecule has 0 saturated carbocycles. The third kappa shape index (κ3) is 4.34. The molecule has 0 spiro atoms. The lowest BCUT2D eigenvalue weighted by Gasteiger charge is -2.21. The Morgan fingerprint density at radius 3 is 2.88 bits per heavy atom. The Morgan fingerprint density at radius 2 is 2.09 bits per heavy atom. The number of carbonyl (C=O) groups is 1. The van der Waals surface area contributed by atoms with Crippen LogP contribution in [0.5, 0.6) is 0 Å². The van der Waals surface area contributed by atoms with Crippen LogP contribution in [0.15, 0.2) is 54.7 Å². The van der Waals surface area contributed by atoms with Crippen molar-refractivity contribution in [3.8, 4) is 22.5 Å². The number of aromatic nitrogens is 3. The number of benzene rings is 2. The summed E-state index contributed by atoms with van der Waals surface area (Å²) in [6.07, 6.45) is 3.40. The number of anilines is 1. The number of fused-ring (bicyclic) bond motifs is 1. The average Bonchev–Trinajstić information content (AvgIpc) is 3.16. The SMILES string of the molecule is Cn1c(-c2cccc(F)c2)nc2ccc(-c3cc(NC(=O)C4CCCNC4)ncc3Cl)cc21. The molecule has 6 nitrogen and oxygen atoms in total. The summed E-state index contributed by atoms with van der Waals surface area (Å²) >= 11 is 6.48. The second kappa shape index (κ2) is 8.92. The molecule has 0 bridgehead atoms. The van der Waals surface area contributed by atoms with Gasteiger partial charge in [-0.15, -0.1) is 0 Å². The van der Waals surface area contributed by atoms with Gasteiger partial charge in [-0.05, 0) is 55.3 Å². The van der Waals surface area contributed by atoms with Crippen LogP contribution < -0.4 is 10.6 Å². The zero-order valence-electron chi connectivity index (χ0n) is 18.1. The van der Waals surface area contributed by atoms with E-state index >= 15 is 0 Å². The first-order valence-corrected chi connectivity index (χ1v) is 11.3. The molecule has 4 aromatic rings. The lowest BCUT2D eigenvalue weighted by atomic mass is 9.99. The van der Waals surface area contributed by atoms with Gasteiger partial charge in [-0.3, -0.25) is 4.79 Å². The molecular formula is C25H23ClFN5O. The van der Waals surface area contributed by atoms with E-state index in [-0.39, 0.29) is 17.6 Å². The molecular weight excluding hydrogens is 441 g/mol. The van der Waals surface area contributed by atoms with Gasteiger partial charge < -0.3 is 15.2 Å². The summed E-state index contributed by atoms with van der Waals surface area (Å²) in [7, 11) is 1.90. The highest BCUT2D eigenvalue weighted by atomic mass is 35.5. The molecule has 168 valence electrons. The molecule has 0 aliphatic carbocycles. The lowest BCUT2D eigenvalue weighted by molar-refractivity contribution is -0.120. The molecule has 1 aliphatic rings. The minimum absolute atomic E-state index is 0.0372. The fourth-order valence-electron chi connectivity index (χ4n) is 4.28. The Labute approximate surface area is 195 Å². The minimum atomic E-state index is -0.303. The maximum Gasteiger partial charge on any atom is 0.229 e. The molecule has 2 N–H and O–H groups in total. The number of aryl methyl sites for hydroxylation is 1. The van der Waals surface area contributed by atoms with Crippen LogP contribution in [0.2, 0.25) is 5.02 Å². The highest BCUT2D eigenvalue weighted by molar-refractivity contribution is 6.33. The smallest absolute Gasteiger partial charge is 0.229 e. The molecule has 0 radical (unpaired) electrons. The molecule has 1 atom stereocenters. The van der Waals surface area contributed by atoms with Crippen LogP contribution in [0.25, 0.3) is 33.5 Å². The highest BCUT2D eigenvalue weighted by Crippen LogP contribution is 2.33. The van der Waals surface area contributed by atoms with Gasteiger partial charge in [-0.25, -0.2) is 14.4 Å². The van der Waals surface area contributed by atoms with Crippen LogP contribution in [0.3, 0.4) is 0 Å². The first-order valence-electron chi connectivity index (χ1n) is 10.9. The van der Waals surface area contributed by atoms with E-state index in [9.17, 15) is 9.18 Å². The van der Waals surface area contributed by atoms with Gasteiger partial charge in [-0.1, -0.05) is 29.8 Å². The van der Waals surface area contributed by atoms with E-state index in [1.54, 1.807) is 18.3 Å². The number of hydrogen-bond acceptors (Lipinski definition) is 4. The van der Waals surface area contributed by atoms with Crippen molar-refractivity contribution in [2.45, 2.75) is 12.8 Å². The summed E-state index contributed by atoms with van der Waals surface area (Å²) in [4.78, 5) is 21.6. The van der Waals surface area contributed by atoms with Gasteiger partial charge in [0.25, 0.3) is 0 Å². The maximum atomic E-state index is 13.7. The predicted octanol–water partition coefficient (Wildman–Crippen LogP) is 5.03. The number of pyridine rings is 1. The van der Waals surface area contributed by atoms with E-state index in [0.29, 0.717) is 28.8 Å². The highest BCUT2D eigenvalue weighted by Gasteiger charge is 2.21. The van der Waals surface area contributed by atoms with Gasteiger partial charge in [0.15, 0.2) is 0 Å². The number of carbonyl (C=O) groups excluding carboxylic acids is 1. The number of nitrogens with one attached hydrogen (secondary N) is 2. The maximum absolute atomic E-state index is 13.7. The predicted molar refractivity (Wildman–Crippen MR) is 129 cm³/mol. The summed E-state index contributed by atoms with van der Waals surface area (Å²) in [5.41, 5.74) is 4.03. The number of hydrogen-bond donors (Lipinski definition) is 2. The Balaban J connectivity index is 1.48. The molecule has 2 aromatic heterocycles. The minimum Gasteiger partial charge on any atom is -0.327 e. The third-order valence-electron chi connectivity index (χ3n) is 6.05. The molecule has 1 aliphatic heterocycles. The third-order valence-corrected chi connectivity index (χ3v) is 6.35. The van der Waals surface area contributed by atoms with Gasteiger partial charge in [0.05, 0.1) is 22.0 Å². The van der Waals surface area contributed by atoms with Crippen molar-refractivity contribution < 1.29 is 9.18 Å². The van der Waals surface area contributed by atoms with Crippen LogP contribution >= 0.6 is 11.6 Å². The standard InChI is InChI=1S/C25H23ClFN5O/c1-32-22-11-15(7-8-21(22)30-24(32)16-4-2-6-18(27)10-16)19-12-23(29-14-20(19)26)31-25(33)17-5-3-9-28-13-17/h2,4,6-8,10-12,14,17,28H,3,5,9,13H2,1H3,(H,29,31,33). The van der Waals surface area contributed by atoms with Crippen molar-refractivity contribution in [2.24, 2.45) is 13.0 Å². The van der Waals surface area contributed by atoms with Crippen molar-refractivity contribution >= 4 is 34.4 Å². The Bertz CT molecular complexity index is 1350. The number of piperidine rings is 1. The molecule has 1 unspecified atom stereocenters. The van der Waals surface area contributed by atoms with Gasteiger partial charge in [0, 0.05) is 30.9 Å². The van der Waals surface area contributed by atoms with Crippen LogP contribution in [0, 0.1) is 11.7 Å². The van der Waals surface area contributed by atoms with E-state index in [1.807, 2.05) is 35.9 Å². The molecule has 1 saturated heterocycles. The Hall–Kier alpha value is -3.29. The molecule has 1 fully saturated rings. The molecule has 1 amide bonds. The summed E-state index contributed by atoms with van der Waals surface area (Å²) in [6.45, 7) is 1.63. The first kappa shape index (κ1) is 21.6. The zero-order chi connectivity index (χ0) is 22.9. The van der Waals surface area contributed by atoms with E-state index in [1.165, 1.54) is 12.1 Å². The van der Waals surface area contributed by atoms with Crippen LogP contribution in [0.1, 0.15) is 12.8 Å². The fraction of sp³-hybridized carbons (Fsp3) is 0.240. The van der Waals surface area contributed by atoms with Gasteiger partial charge >= 0.3 is 0 Å². The monoisotopic (exact) mass is 463 g/mol. The van der Waals surface area contributed by atoms with E-state index in [0.717, 1.165) is 41.5 Å². The van der Waals surface area contributed by atoms with E-state index in [2.05, 4.69) is 20.6 Å². The van der Waals surface area contributed by atoms with Crippen LogP contribution in [0.4, 0.5) is 10.2 Å². The molecule has 2 aromatic carbocycles. The lowest BCUT2D eigenvalue weighted by Crippen LogP contribution is -2.37. The van der Waals surface area contributed by atoms with Crippen LogP contribution in [-0.2, 0) is 11.8 Å². The Morgan fingerprint density at radius 1 is 1.21 bits per heavy atom. The topological polar surface area (TPSA) is 71.8 Å². The number of halogens is 2. The van der Waals surface area contributed by atoms with Gasteiger partial charge in [0.1, 0.15) is 17.5 Å². The molecule has 8 heteroatoms. The summed E-state index contributed by atoms with van der Waals surface area (Å²) in [6, 6.07) is 14.0. The largest absolute Gasteiger partial charge is 0.327 e. The summed E-state index contributed by atoms with van der Waals surface area (Å²) in [5.74, 6) is 0.742. The quantitative estimate of drug-likeness (QED) is 0.445. The van der Waals surface area contributed by atoms with Gasteiger partial charge in [0.2, 0.25) is 5.91 Å². The number of nitrogens with zero attached hydrogens (tertiary/aromatic N) is 3. The number of amides is 1. The second-order valence-corrected chi connectivity index (χ2v) is 8.70. The zero-order valence-corrected chi connectivity index (χ0v) is 18.9. The summed E-state index contributed by atoms with van der Waals surface area (Å²) < 4.78 is 15.7. The number of rotatable bonds is 4. The van der Waals surface area contributed by atoms with Crippen molar-refractivity contribution in [3.05, 3.63) is 65.6 Å². The molecule has 5 rings (SSSR count). The van der Waals surface area contributed by atoms with Crippen LogP contribution in [-0.4, -0.2) is 33.5 Å². The molecule has 3 heterocycles. The number of imidazole rings is 1. The fourth-order valence-corrected chi connectivity index (χ4v) is 4.49. The van der Waals surface area contributed by atoms with Crippen molar-refractivity contribution in [2.75, 3.05) is 18.4 Å². The van der Waals surface area contributed by atoms with Crippen molar-refractivity contribution in [3.63, 3.8) is 0 Å². The van der Waals surface area contributed by atoms with Gasteiger partial charge in [-0.2, -0.15) is 0 Å². The first-order chi connectivity index (χ1) is 16.0. The van der Waals surface area contributed by atoms with E-state index < -0.39 is 0 Å². The average molecular weight is 464 g/mol. The summed E-state index contributed by atoms with van der Waals surface area (Å²) in [5, 5.41) is 6.67.